The summed E-state index contributed by atoms with van der Waals surface area (Å²) in [6, 6.07) is 12.2. The highest BCUT2D eigenvalue weighted by Gasteiger charge is 2.29. The number of amides is 2. The highest BCUT2D eigenvalue weighted by molar-refractivity contribution is 7.99. The van der Waals surface area contributed by atoms with Gasteiger partial charge >= 0.3 is 0 Å². The van der Waals surface area contributed by atoms with Gasteiger partial charge in [-0.05, 0) is 55.2 Å². The van der Waals surface area contributed by atoms with Crippen LogP contribution in [0.4, 0.5) is 0 Å². The monoisotopic (exact) mass is 514 g/mol. The van der Waals surface area contributed by atoms with Crippen LogP contribution < -0.4 is 5.32 Å². The van der Waals surface area contributed by atoms with Gasteiger partial charge in [-0.2, -0.15) is 0 Å². The van der Waals surface area contributed by atoms with Gasteiger partial charge in [-0.3, -0.25) is 9.59 Å². The minimum atomic E-state index is -0.559. The molecule has 8 heteroatoms. The molecular weight excluding hydrogens is 487 g/mol. The quantitative estimate of drug-likeness (QED) is 0.367. The lowest BCUT2D eigenvalue weighted by Crippen LogP contribution is -2.51. The number of halogens is 3. The van der Waals surface area contributed by atoms with E-state index in [-0.39, 0.29) is 23.6 Å². The van der Waals surface area contributed by atoms with Crippen LogP contribution in [-0.2, 0) is 21.9 Å². The number of hydrogen-bond acceptors (Lipinski definition) is 3. The first-order valence-corrected chi connectivity index (χ1v) is 12.9. The highest BCUT2D eigenvalue weighted by atomic mass is 35.5. The third-order valence-corrected chi connectivity index (χ3v) is 7.09. The van der Waals surface area contributed by atoms with E-state index in [1.54, 1.807) is 35.2 Å². The first-order chi connectivity index (χ1) is 15.3. The summed E-state index contributed by atoms with van der Waals surface area (Å²) in [5.41, 5.74) is 1.72. The number of rotatable bonds is 11. The maximum Gasteiger partial charge on any atom is 0.243 e. The van der Waals surface area contributed by atoms with Crippen molar-refractivity contribution in [3.05, 3.63) is 68.7 Å². The predicted molar refractivity (Wildman–Crippen MR) is 137 cm³/mol. The fourth-order valence-electron chi connectivity index (χ4n) is 3.14. The molecule has 2 amide bonds. The Morgan fingerprint density at radius 3 is 2.19 bits per heavy atom. The maximum atomic E-state index is 13.3. The summed E-state index contributed by atoms with van der Waals surface area (Å²) in [4.78, 5) is 27.9. The molecule has 0 fully saturated rings. The smallest absolute Gasteiger partial charge is 0.243 e. The molecule has 0 bridgehead atoms. The van der Waals surface area contributed by atoms with E-state index in [1.807, 2.05) is 32.9 Å². The Balaban J connectivity index is 2.16. The molecule has 2 rings (SSSR count). The SMILES string of the molecule is CC[C@H](C(=O)N[C@@H](C)CC)N(Cc1ccc(Cl)cc1)C(=O)CSCc1c(Cl)cccc1Cl. The summed E-state index contributed by atoms with van der Waals surface area (Å²) in [7, 11) is 0. The molecule has 32 heavy (non-hydrogen) atoms. The maximum absolute atomic E-state index is 13.3. The number of benzene rings is 2. The largest absolute Gasteiger partial charge is 0.352 e. The van der Waals surface area contributed by atoms with Crippen molar-refractivity contribution in [1.82, 2.24) is 10.2 Å². The molecule has 0 saturated heterocycles. The van der Waals surface area contributed by atoms with Crippen LogP contribution in [0.15, 0.2) is 42.5 Å². The van der Waals surface area contributed by atoms with Gasteiger partial charge in [0.1, 0.15) is 6.04 Å². The van der Waals surface area contributed by atoms with Crippen LogP contribution in [0.5, 0.6) is 0 Å². The molecule has 0 aliphatic heterocycles. The Morgan fingerprint density at radius 2 is 1.62 bits per heavy atom. The van der Waals surface area contributed by atoms with Crippen molar-refractivity contribution in [2.45, 2.75) is 58.0 Å². The second kappa shape index (κ2) is 13.3. The topological polar surface area (TPSA) is 49.4 Å². The molecule has 0 saturated carbocycles. The van der Waals surface area contributed by atoms with Gasteiger partial charge in [0.2, 0.25) is 11.8 Å². The lowest BCUT2D eigenvalue weighted by molar-refractivity contribution is -0.139. The summed E-state index contributed by atoms with van der Waals surface area (Å²) in [6.45, 7) is 6.22. The highest BCUT2D eigenvalue weighted by Crippen LogP contribution is 2.28. The van der Waals surface area contributed by atoms with Crippen molar-refractivity contribution in [2.24, 2.45) is 0 Å². The number of carbonyl (C=O) groups excluding carboxylic acids is 2. The summed E-state index contributed by atoms with van der Waals surface area (Å²) in [5, 5.41) is 4.79. The van der Waals surface area contributed by atoms with Gasteiger partial charge in [0.15, 0.2) is 0 Å². The van der Waals surface area contributed by atoms with E-state index < -0.39 is 6.04 Å². The summed E-state index contributed by atoms with van der Waals surface area (Å²) >= 11 is 19.9. The first kappa shape index (κ1) is 26.8. The Morgan fingerprint density at radius 1 is 1.00 bits per heavy atom. The van der Waals surface area contributed by atoms with Crippen molar-refractivity contribution in [3.63, 3.8) is 0 Å². The molecule has 1 N–H and O–H groups in total. The molecule has 4 nitrogen and oxygen atoms in total. The zero-order valence-electron chi connectivity index (χ0n) is 18.5. The van der Waals surface area contributed by atoms with Gasteiger partial charge in [0.05, 0.1) is 5.75 Å². The summed E-state index contributed by atoms with van der Waals surface area (Å²) in [6.07, 6.45) is 1.34. The van der Waals surface area contributed by atoms with E-state index in [0.717, 1.165) is 17.5 Å². The zero-order chi connectivity index (χ0) is 23.7. The Hall–Kier alpha value is -1.40. The van der Waals surface area contributed by atoms with Crippen molar-refractivity contribution in [2.75, 3.05) is 5.75 Å². The van der Waals surface area contributed by atoms with Crippen LogP contribution in [0.2, 0.25) is 15.1 Å². The molecular formula is C24H29Cl3N2O2S. The third-order valence-electron chi connectivity index (χ3n) is 5.19. The zero-order valence-corrected chi connectivity index (χ0v) is 21.6. The Bertz CT molecular complexity index is 888. The molecule has 2 aromatic rings. The van der Waals surface area contributed by atoms with Crippen molar-refractivity contribution < 1.29 is 9.59 Å². The molecule has 0 spiro atoms. The molecule has 0 unspecified atom stereocenters. The van der Waals surface area contributed by atoms with Gasteiger partial charge in [-0.25, -0.2) is 0 Å². The van der Waals surface area contributed by atoms with Crippen molar-refractivity contribution in [3.8, 4) is 0 Å². The molecule has 174 valence electrons. The van der Waals surface area contributed by atoms with Crippen LogP contribution in [0.3, 0.4) is 0 Å². The normalized spacial score (nSPS) is 12.8. The molecule has 0 aliphatic rings. The van der Waals surface area contributed by atoms with Gasteiger partial charge in [-0.1, -0.05) is 66.8 Å². The number of nitrogens with zero attached hydrogens (tertiary/aromatic N) is 1. The van der Waals surface area contributed by atoms with Gasteiger partial charge in [0, 0.05) is 33.4 Å². The Kier molecular flexibility index (Phi) is 11.2. The van der Waals surface area contributed by atoms with Crippen LogP contribution in [0.25, 0.3) is 0 Å². The number of nitrogens with one attached hydrogen (secondary N) is 1. The van der Waals surface area contributed by atoms with E-state index in [1.165, 1.54) is 11.8 Å². The lowest BCUT2D eigenvalue weighted by atomic mass is 10.1. The molecule has 0 radical (unpaired) electrons. The predicted octanol–water partition coefficient (Wildman–Crippen LogP) is 6.60. The van der Waals surface area contributed by atoms with Gasteiger partial charge < -0.3 is 10.2 Å². The minimum Gasteiger partial charge on any atom is -0.352 e. The van der Waals surface area contributed by atoms with E-state index in [9.17, 15) is 9.59 Å². The van der Waals surface area contributed by atoms with Crippen molar-refractivity contribution >= 4 is 58.4 Å². The van der Waals surface area contributed by atoms with Crippen LogP contribution >= 0.6 is 46.6 Å². The molecule has 0 aromatic heterocycles. The van der Waals surface area contributed by atoms with E-state index >= 15 is 0 Å². The molecule has 2 aromatic carbocycles. The fourth-order valence-corrected chi connectivity index (χ4v) is 4.91. The average Bonchev–Trinajstić information content (AvgIpc) is 2.76. The molecule has 2 atom stereocenters. The van der Waals surface area contributed by atoms with Crippen LogP contribution in [0, 0.1) is 0 Å². The summed E-state index contributed by atoms with van der Waals surface area (Å²) < 4.78 is 0. The fraction of sp³-hybridized carbons (Fsp3) is 0.417. The second-order valence-corrected chi connectivity index (χ2v) is 9.82. The van der Waals surface area contributed by atoms with E-state index in [2.05, 4.69) is 5.32 Å². The molecule has 0 aliphatic carbocycles. The summed E-state index contributed by atoms with van der Waals surface area (Å²) in [5.74, 6) is 0.472. The first-order valence-electron chi connectivity index (χ1n) is 10.6. The standard InChI is InChI=1S/C24H29Cl3N2O2S/c1-4-16(3)28-24(31)22(5-2)29(13-17-9-11-18(25)12-10-17)23(30)15-32-14-19-20(26)7-6-8-21(19)27/h6-12,16,22H,4-5,13-15H2,1-3H3,(H,28,31)/t16-,22+/m0/s1. The number of hydrogen-bond donors (Lipinski definition) is 1. The van der Waals surface area contributed by atoms with Gasteiger partial charge in [0.25, 0.3) is 0 Å². The van der Waals surface area contributed by atoms with Crippen LogP contribution in [-0.4, -0.2) is 34.6 Å². The van der Waals surface area contributed by atoms with Crippen LogP contribution in [0.1, 0.15) is 44.7 Å². The Labute approximate surface area is 210 Å². The third kappa shape index (κ3) is 7.87. The minimum absolute atomic E-state index is 0.0424. The molecule has 0 heterocycles. The van der Waals surface area contributed by atoms with E-state index in [0.29, 0.717) is 33.8 Å². The average molecular weight is 516 g/mol. The number of thioether (sulfide) groups is 1. The second-order valence-electron chi connectivity index (χ2n) is 7.58. The lowest BCUT2D eigenvalue weighted by Gasteiger charge is -2.31. The number of carbonyl (C=O) groups is 2. The van der Waals surface area contributed by atoms with Gasteiger partial charge in [-0.15, -0.1) is 11.8 Å². The van der Waals surface area contributed by atoms with E-state index in [4.69, 9.17) is 34.8 Å². The van der Waals surface area contributed by atoms with Crippen molar-refractivity contribution in [1.29, 1.82) is 0 Å².